The Balaban J connectivity index is 2.66. The Morgan fingerprint density at radius 3 is 1.59 bits per heavy atom. The highest BCUT2D eigenvalue weighted by Gasteiger charge is 2.43. The maximum absolute atomic E-state index is 10.2. The van der Waals surface area contributed by atoms with Crippen molar-refractivity contribution in [2.45, 2.75) is 25.3 Å². The van der Waals surface area contributed by atoms with E-state index in [0.29, 0.717) is 0 Å². The lowest BCUT2D eigenvalue weighted by Crippen LogP contribution is -2.44. The third-order valence-electron chi connectivity index (χ3n) is 4.86. The topological polar surface area (TPSA) is 27.0 Å². The average molecular weight is 292 g/mol. The lowest BCUT2D eigenvalue weighted by atomic mass is 9.65. The van der Waals surface area contributed by atoms with Crippen molar-refractivity contribution in [2.24, 2.45) is 5.92 Å². The molecule has 0 radical (unpaired) electrons. The van der Waals surface area contributed by atoms with Gasteiger partial charge in [0.15, 0.2) is 0 Å². The molecule has 0 aliphatic rings. The Kier molecular flexibility index (Phi) is 5.00. The first-order valence-corrected chi connectivity index (χ1v) is 7.72. The summed E-state index contributed by atoms with van der Waals surface area (Å²) in [6.07, 6.45) is 0. The van der Waals surface area contributed by atoms with Gasteiger partial charge in [-0.15, -0.1) is 0 Å². The van der Waals surface area contributed by atoms with Crippen LogP contribution in [0.1, 0.15) is 25.0 Å². The fourth-order valence-corrected chi connectivity index (χ4v) is 3.13. The van der Waals surface area contributed by atoms with E-state index in [9.17, 15) is 5.26 Å². The molecule has 22 heavy (non-hydrogen) atoms. The van der Waals surface area contributed by atoms with Gasteiger partial charge in [-0.3, -0.25) is 0 Å². The summed E-state index contributed by atoms with van der Waals surface area (Å²) in [5.41, 5.74) is 1.47. The van der Waals surface area contributed by atoms with Crippen molar-refractivity contribution in [3.63, 3.8) is 0 Å². The number of rotatable bonds is 5. The molecule has 0 aromatic heterocycles. The van der Waals surface area contributed by atoms with E-state index in [2.05, 4.69) is 63.2 Å². The Labute approximate surface area is 134 Å². The first-order chi connectivity index (χ1) is 10.5. The number of benzene rings is 2. The predicted molar refractivity (Wildman–Crippen MR) is 91.6 cm³/mol. The molecule has 0 aliphatic heterocycles. The van der Waals surface area contributed by atoms with Gasteiger partial charge in [0.25, 0.3) is 0 Å². The molecule has 2 atom stereocenters. The van der Waals surface area contributed by atoms with E-state index in [4.69, 9.17) is 0 Å². The highest BCUT2D eigenvalue weighted by Crippen LogP contribution is 2.41. The molecule has 0 fully saturated rings. The molecule has 0 saturated heterocycles. The fraction of sp³-hybridized carbons (Fsp3) is 0.350. The summed E-state index contributed by atoms with van der Waals surface area (Å²) in [6, 6.07) is 23.2. The Morgan fingerprint density at radius 2 is 1.27 bits per heavy atom. The third kappa shape index (κ3) is 2.77. The maximum Gasteiger partial charge on any atom is 0.111 e. The van der Waals surface area contributed by atoms with Crippen LogP contribution in [0.2, 0.25) is 0 Å². The summed E-state index contributed by atoms with van der Waals surface area (Å²) < 4.78 is 0. The van der Waals surface area contributed by atoms with E-state index in [1.54, 1.807) is 0 Å². The van der Waals surface area contributed by atoms with Gasteiger partial charge in [-0.2, -0.15) is 5.26 Å². The standard InChI is InChI=1S/C20H24N2/c1-16(17(2)22(3)4)20(15-21,18-11-7-5-8-12-18)19-13-9-6-10-14-19/h5-14,16-17H,1-4H3. The van der Waals surface area contributed by atoms with Crippen LogP contribution in [0, 0.1) is 17.2 Å². The largest absolute Gasteiger partial charge is 0.306 e. The summed E-state index contributed by atoms with van der Waals surface area (Å²) >= 11 is 0. The smallest absolute Gasteiger partial charge is 0.111 e. The molecule has 114 valence electrons. The van der Waals surface area contributed by atoms with Gasteiger partial charge >= 0.3 is 0 Å². The molecule has 0 N–H and O–H groups in total. The van der Waals surface area contributed by atoms with E-state index < -0.39 is 5.41 Å². The van der Waals surface area contributed by atoms with Gasteiger partial charge in [0.05, 0.1) is 6.07 Å². The summed E-state index contributed by atoms with van der Waals surface area (Å²) in [7, 11) is 4.14. The van der Waals surface area contributed by atoms with Gasteiger partial charge in [-0.1, -0.05) is 67.6 Å². The van der Waals surface area contributed by atoms with Gasteiger partial charge < -0.3 is 4.90 Å². The van der Waals surface area contributed by atoms with E-state index in [1.165, 1.54) is 0 Å². The second-order valence-corrected chi connectivity index (χ2v) is 6.14. The van der Waals surface area contributed by atoms with Crippen LogP contribution in [0.5, 0.6) is 0 Å². The van der Waals surface area contributed by atoms with E-state index >= 15 is 0 Å². The van der Waals surface area contributed by atoms with Crippen molar-refractivity contribution in [1.29, 1.82) is 5.26 Å². The number of nitrogens with zero attached hydrogens (tertiary/aromatic N) is 2. The summed E-state index contributed by atoms with van der Waals surface area (Å²) in [5, 5.41) is 10.2. The molecule has 2 rings (SSSR count). The van der Waals surface area contributed by atoms with Gasteiger partial charge in [-0.25, -0.2) is 0 Å². The van der Waals surface area contributed by atoms with E-state index in [1.807, 2.05) is 36.4 Å². The number of nitriles is 1. The van der Waals surface area contributed by atoms with Crippen LogP contribution < -0.4 is 0 Å². The highest BCUT2D eigenvalue weighted by atomic mass is 15.1. The first kappa shape index (κ1) is 16.3. The second-order valence-electron chi connectivity index (χ2n) is 6.14. The van der Waals surface area contributed by atoms with Crippen LogP contribution in [0.25, 0.3) is 0 Å². The zero-order chi connectivity index (χ0) is 16.2. The monoisotopic (exact) mass is 292 g/mol. The van der Waals surface area contributed by atoms with Crippen molar-refractivity contribution in [3.05, 3.63) is 71.8 Å². The molecule has 0 spiro atoms. The average Bonchev–Trinajstić information content (AvgIpc) is 2.57. The van der Waals surface area contributed by atoms with Crippen molar-refractivity contribution in [2.75, 3.05) is 14.1 Å². The zero-order valence-corrected chi connectivity index (χ0v) is 13.8. The molecule has 0 heterocycles. The minimum absolute atomic E-state index is 0.150. The van der Waals surface area contributed by atoms with Crippen LogP contribution in [-0.2, 0) is 5.41 Å². The molecule has 2 aromatic carbocycles. The molecule has 2 nitrogen and oxygen atoms in total. The maximum atomic E-state index is 10.2. The molecule has 2 unspecified atom stereocenters. The number of hydrogen-bond acceptors (Lipinski definition) is 2. The lowest BCUT2D eigenvalue weighted by molar-refractivity contribution is 0.201. The SMILES string of the molecule is CC(C(C)C(C#N)(c1ccccc1)c1ccccc1)N(C)C. The fourth-order valence-electron chi connectivity index (χ4n) is 3.13. The Morgan fingerprint density at radius 1 is 0.864 bits per heavy atom. The number of hydrogen-bond donors (Lipinski definition) is 0. The van der Waals surface area contributed by atoms with Crippen LogP contribution in [0.3, 0.4) is 0 Å². The predicted octanol–water partition coefficient (Wildman–Crippen LogP) is 4.08. The van der Waals surface area contributed by atoms with Crippen LogP contribution in [0.4, 0.5) is 0 Å². The second kappa shape index (κ2) is 6.77. The van der Waals surface area contributed by atoms with Gasteiger partial charge in [0.1, 0.15) is 5.41 Å². The lowest BCUT2D eigenvalue weighted by Gasteiger charge is -2.39. The van der Waals surface area contributed by atoms with Crippen molar-refractivity contribution in [1.82, 2.24) is 4.90 Å². The molecular weight excluding hydrogens is 268 g/mol. The molecule has 0 aliphatic carbocycles. The minimum atomic E-state index is -0.647. The molecule has 2 heteroatoms. The highest BCUT2D eigenvalue weighted by molar-refractivity contribution is 5.47. The molecule has 0 saturated carbocycles. The zero-order valence-electron chi connectivity index (χ0n) is 13.8. The molecule has 2 aromatic rings. The molecule has 0 amide bonds. The summed E-state index contributed by atoms with van der Waals surface area (Å²) in [4.78, 5) is 2.18. The van der Waals surface area contributed by atoms with Crippen LogP contribution in [-0.4, -0.2) is 25.0 Å². The van der Waals surface area contributed by atoms with Crippen LogP contribution in [0.15, 0.2) is 60.7 Å². The third-order valence-corrected chi connectivity index (χ3v) is 4.86. The summed E-state index contributed by atoms with van der Waals surface area (Å²) in [5.74, 6) is 0.150. The normalized spacial score (nSPS) is 14.4. The van der Waals surface area contributed by atoms with Crippen molar-refractivity contribution < 1.29 is 0 Å². The van der Waals surface area contributed by atoms with E-state index in [0.717, 1.165) is 11.1 Å². The van der Waals surface area contributed by atoms with Gasteiger partial charge in [0.2, 0.25) is 0 Å². The Hall–Kier alpha value is -2.11. The molecule has 0 bridgehead atoms. The Bertz CT molecular complexity index is 586. The van der Waals surface area contributed by atoms with Crippen molar-refractivity contribution >= 4 is 0 Å². The minimum Gasteiger partial charge on any atom is -0.306 e. The van der Waals surface area contributed by atoms with E-state index in [-0.39, 0.29) is 12.0 Å². The van der Waals surface area contributed by atoms with Crippen LogP contribution >= 0.6 is 0 Å². The van der Waals surface area contributed by atoms with Gasteiger partial charge in [-0.05, 0) is 38.1 Å². The van der Waals surface area contributed by atoms with Crippen molar-refractivity contribution in [3.8, 4) is 6.07 Å². The molecular formula is C20H24N2. The quantitative estimate of drug-likeness (QED) is 0.830. The summed E-state index contributed by atoms with van der Waals surface area (Å²) in [6.45, 7) is 4.36. The van der Waals surface area contributed by atoms with Gasteiger partial charge in [0, 0.05) is 6.04 Å². The first-order valence-electron chi connectivity index (χ1n) is 7.72.